The summed E-state index contributed by atoms with van der Waals surface area (Å²) in [5.41, 5.74) is 1.58. The highest BCUT2D eigenvalue weighted by molar-refractivity contribution is 5.94. The molecule has 94 valence electrons. The third-order valence-electron chi connectivity index (χ3n) is 2.59. The highest BCUT2D eigenvalue weighted by Gasteiger charge is 2.28. The van der Waals surface area contributed by atoms with Crippen molar-refractivity contribution in [3.05, 3.63) is 17.5 Å². The first-order chi connectivity index (χ1) is 7.99. The maximum atomic E-state index is 11.3. The summed E-state index contributed by atoms with van der Waals surface area (Å²) in [6.07, 6.45) is 0.856. The van der Waals surface area contributed by atoms with Crippen LogP contribution in [0.15, 0.2) is 6.07 Å². The minimum absolute atomic E-state index is 0.0888. The molecule has 1 N–H and O–H groups in total. The van der Waals surface area contributed by atoms with Crippen molar-refractivity contribution in [1.82, 2.24) is 9.78 Å². The lowest BCUT2D eigenvalue weighted by molar-refractivity contribution is -0.156. The van der Waals surface area contributed by atoms with E-state index >= 15 is 0 Å². The van der Waals surface area contributed by atoms with Crippen LogP contribution in [0.2, 0.25) is 0 Å². The lowest BCUT2D eigenvalue weighted by atomic mass is 10.0. The summed E-state index contributed by atoms with van der Waals surface area (Å²) in [5.74, 6) is -3.10. The van der Waals surface area contributed by atoms with Gasteiger partial charge in [-0.25, -0.2) is 0 Å². The number of methoxy groups -OCH3 is 1. The molecular formula is C11H16N2O4. The van der Waals surface area contributed by atoms with Crippen LogP contribution >= 0.6 is 0 Å². The van der Waals surface area contributed by atoms with Crippen LogP contribution < -0.4 is 0 Å². The molecule has 0 saturated carbocycles. The number of rotatable bonds is 5. The van der Waals surface area contributed by atoms with Gasteiger partial charge in [0.2, 0.25) is 0 Å². The Hall–Kier alpha value is -1.85. The molecule has 0 aliphatic heterocycles. The predicted molar refractivity (Wildman–Crippen MR) is 59.4 cm³/mol. The predicted octanol–water partition coefficient (Wildman–Crippen LogP) is 0.399. The molecule has 0 aliphatic rings. The Kier molecular flexibility index (Phi) is 4.25. The van der Waals surface area contributed by atoms with E-state index in [1.165, 1.54) is 7.11 Å². The van der Waals surface area contributed by atoms with Crippen LogP contribution in [-0.4, -0.2) is 33.9 Å². The zero-order chi connectivity index (χ0) is 13.0. The minimum atomic E-state index is -1.18. The first-order valence-corrected chi connectivity index (χ1v) is 5.32. The molecule has 0 amide bonds. The zero-order valence-corrected chi connectivity index (χ0v) is 10.1. The Morgan fingerprint density at radius 3 is 2.65 bits per heavy atom. The van der Waals surface area contributed by atoms with Gasteiger partial charge in [-0.3, -0.25) is 14.3 Å². The number of carbonyl (C=O) groups is 2. The van der Waals surface area contributed by atoms with Crippen LogP contribution in [0.3, 0.4) is 0 Å². The van der Waals surface area contributed by atoms with Gasteiger partial charge in [0.1, 0.15) is 0 Å². The van der Waals surface area contributed by atoms with Gasteiger partial charge in [-0.2, -0.15) is 5.10 Å². The topological polar surface area (TPSA) is 81.4 Å². The van der Waals surface area contributed by atoms with E-state index in [9.17, 15) is 9.59 Å². The number of hydrogen-bond donors (Lipinski definition) is 1. The Balaban J connectivity index is 2.89. The third kappa shape index (κ3) is 3.05. The zero-order valence-electron chi connectivity index (χ0n) is 10.1. The van der Waals surface area contributed by atoms with Crippen molar-refractivity contribution in [2.75, 3.05) is 7.11 Å². The van der Waals surface area contributed by atoms with Crippen molar-refractivity contribution in [2.45, 2.75) is 19.8 Å². The molecule has 1 aromatic heterocycles. The van der Waals surface area contributed by atoms with Crippen molar-refractivity contribution in [1.29, 1.82) is 0 Å². The van der Waals surface area contributed by atoms with Gasteiger partial charge in [0, 0.05) is 19.2 Å². The van der Waals surface area contributed by atoms with E-state index in [0.29, 0.717) is 5.69 Å². The number of hydrogen-bond acceptors (Lipinski definition) is 4. The second kappa shape index (κ2) is 5.47. The molecular weight excluding hydrogens is 224 g/mol. The standard InChI is InChI=1S/C11H16N2O4/c1-4-7-5-8(13(2)12-7)6-9(10(14)15)11(16)17-3/h5,9H,4,6H2,1-3H3,(H,14,15). The average molecular weight is 240 g/mol. The first kappa shape index (κ1) is 13.2. The SMILES string of the molecule is CCc1cc(CC(C(=O)O)C(=O)OC)n(C)n1. The fourth-order valence-electron chi connectivity index (χ4n) is 1.56. The molecule has 6 nitrogen and oxygen atoms in total. The second-order valence-electron chi connectivity index (χ2n) is 3.72. The van der Waals surface area contributed by atoms with E-state index in [2.05, 4.69) is 9.84 Å². The number of aliphatic carboxylic acids is 1. The summed E-state index contributed by atoms with van der Waals surface area (Å²) in [6.45, 7) is 1.96. The number of aromatic nitrogens is 2. The Labute approximate surface area is 99.2 Å². The molecule has 1 atom stereocenters. The van der Waals surface area contributed by atoms with Gasteiger partial charge in [0.05, 0.1) is 12.8 Å². The highest BCUT2D eigenvalue weighted by atomic mass is 16.5. The lowest BCUT2D eigenvalue weighted by Crippen LogP contribution is -2.27. The number of esters is 1. The summed E-state index contributed by atoms with van der Waals surface area (Å²) in [6, 6.07) is 1.80. The number of carbonyl (C=O) groups excluding carboxylic acids is 1. The largest absolute Gasteiger partial charge is 0.481 e. The van der Waals surface area contributed by atoms with Crippen molar-refractivity contribution in [2.24, 2.45) is 13.0 Å². The van der Waals surface area contributed by atoms with Gasteiger partial charge in [-0.1, -0.05) is 6.92 Å². The Bertz CT molecular complexity index is 425. The second-order valence-corrected chi connectivity index (χ2v) is 3.72. The van der Waals surface area contributed by atoms with Crippen LogP contribution in [-0.2, 0) is 34.2 Å². The van der Waals surface area contributed by atoms with Crippen LogP contribution in [0.5, 0.6) is 0 Å². The number of ether oxygens (including phenoxy) is 1. The summed E-state index contributed by atoms with van der Waals surface area (Å²) in [4.78, 5) is 22.3. The molecule has 1 unspecified atom stereocenters. The molecule has 0 bridgehead atoms. The molecule has 1 aromatic rings. The van der Waals surface area contributed by atoms with Crippen LogP contribution in [0.4, 0.5) is 0 Å². The molecule has 6 heteroatoms. The molecule has 0 aromatic carbocycles. The number of aryl methyl sites for hydroxylation is 2. The molecule has 17 heavy (non-hydrogen) atoms. The van der Waals surface area contributed by atoms with E-state index < -0.39 is 17.9 Å². The van der Waals surface area contributed by atoms with Gasteiger partial charge < -0.3 is 9.84 Å². The molecule has 0 aliphatic carbocycles. The van der Waals surface area contributed by atoms with Crippen LogP contribution in [0, 0.1) is 5.92 Å². The monoisotopic (exact) mass is 240 g/mol. The van der Waals surface area contributed by atoms with Gasteiger partial charge in [0.25, 0.3) is 0 Å². The summed E-state index contributed by atoms with van der Waals surface area (Å²) < 4.78 is 6.06. The maximum absolute atomic E-state index is 11.3. The fraction of sp³-hybridized carbons (Fsp3) is 0.545. The number of nitrogens with zero attached hydrogens (tertiary/aromatic N) is 2. The summed E-state index contributed by atoms with van der Waals surface area (Å²) in [7, 11) is 2.91. The van der Waals surface area contributed by atoms with Gasteiger partial charge >= 0.3 is 11.9 Å². The van der Waals surface area contributed by atoms with E-state index in [1.807, 2.05) is 6.92 Å². The molecule has 0 spiro atoms. The van der Waals surface area contributed by atoms with Gasteiger partial charge in [-0.15, -0.1) is 0 Å². The lowest BCUT2D eigenvalue weighted by Gasteiger charge is -2.09. The average Bonchev–Trinajstić information content (AvgIpc) is 2.65. The molecule has 0 fully saturated rings. The van der Waals surface area contributed by atoms with E-state index in [0.717, 1.165) is 12.1 Å². The number of carboxylic acids is 1. The first-order valence-electron chi connectivity index (χ1n) is 5.32. The van der Waals surface area contributed by atoms with Gasteiger partial charge in [0.15, 0.2) is 5.92 Å². The smallest absolute Gasteiger partial charge is 0.320 e. The van der Waals surface area contributed by atoms with Crippen LogP contribution in [0.1, 0.15) is 18.3 Å². The normalized spacial score (nSPS) is 12.2. The van der Waals surface area contributed by atoms with Crippen molar-refractivity contribution >= 4 is 11.9 Å². The van der Waals surface area contributed by atoms with Crippen LogP contribution in [0.25, 0.3) is 0 Å². The summed E-state index contributed by atoms with van der Waals surface area (Å²) >= 11 is 0. The molecule has 0 radical (unpaired) electrons. The van der Waals surface area contributed by atoms with Gasteiger partial charge in [-0.05, 0) is 12.5 Å². The maximum Gasteiger partial charge on any atom is 0.320 e. The summed E-state index contributed by atoms with van der Waals surface area (Å²) in [5, 5.41) is 13.2. The quantitative estimate of drug-likeness (QED) is 0.595. The van der Waals surface area contributed by atoms with Crippen molar-refractivity contribution in [3.8, 4) is 0 Å². The Morgan fingerprint density at radius 1 is 1.59 bits per heavy atom. The minimum Gasteiger partial charge on any atom is -0.481 e. The third-order valence-corrected chi connectivity index (χ3v) is 2.59. The highest BCUT2D eigenvalue weighted by Crippen LogP contribution is 2.12. The van der Waals surface area contributed by atoms with E-state index in [-0.39, 0.29) is 6.42 Å². The van der Waals surface area contributed by atoms with Crippen molar-refractivity contribution in [3.63, 3.8) is 0 Å². The van der Waals surface area contributed by atoms with E-state index in [4.69, 9.17) is 5.11 Å². The Morgan fingerprint density at radius 2 is 2.24 bits per heavy atom. The molecule has 1 heterocycles. The molecule has 0 saturated heterocycles. The van der Waals surface area contributed by atoms with E-state index in [1.54, 1.807) is 17.8 Å². The number of carboxylic acid groups (broad SMARTS) is 1. The van der Waals surface area contributed by atoms with Crippen molar-refractivity contribution < 1.29 is 19.4 Å². The fourth-order valence-corrected chi connectivity index (χ4v) is 1.56. The molecule has 1 rings (SSSR count).